The third kappa shape index (κ3) is 2.70. The third-order valence-corrected chi connectivity index (χ3v) is 4.23. The summed E-state index contributed by atoms with van der Waals surface area (Å²) in [4.78, 5) is 4.24. The zero-order chi connectivity index (χ0) is 14.8. The van der Waals surface area contributed by atoms with Crippen LogP contribution in [0.3, 0.4) is 0 Å². The van der Waals surface area contributed by atoms with E-state index in [1.165, 1.54) is 5.56 Å². The maximum Gasteiger partial charge on any atom is 0.0719 e. The molecule has 0 aliphatic heterocycles. The van der Waals surface area contributed by atoms with Gasteiger partial charge in [-0.25, -0.2) is 5.43 Å². The van der Waals surface area contributed by atoms with E-state index in [-0.39, 0.29) is 6.04 Å². The van der Waals surface area contributed by atoms with E-state index in [1.807, 2.05) is 24.5 Å². The van der Waals surface area contributed by atoms with Gasteiger partial charge in [-0.2, -0.15) is 0 Å². The van der Waals surface area contributed by atoms with Crippen molar-refractivity contribution in [3.8, 4) is 0 Å². The van der Waals surface area contributed by atoms with E-state index in [2.05, 4.69) is 63.6 Å². The second-order valence-corrected chi connectivity index (χ2v) is 5.96. The molecule has 1 unspecified atom stereocenters. The van der Waals surface area contributed by atoms with Gasteiger partial charge in [-0.3, -0.25) is 10.8 Å². The van der Waals surface area contributed by atoms with Crippen molar-refractivity contribution in [1.82, 2.24) is 10.4 Å². The normalized spacial score (nSPS) is 12.5. The van der Waals surface area contributed by atoms with Crippen LogP contribution >= 0.6 is 15.9 Å². The Kier molecular flexibility index (Phi) is 4.01. The fourth-order valence-corrected chi connectivity index (χ4v) is 3.17. The van der Waals surface area contributed by atoms with E-state index in [9.17, 15) is 0 Å². The Hall–Kier alpha value is -1.75. The second kappa shape index (κ2) is 5.93. The van der Waals surface area contributed by atoms with Crippen molar-refractivity contribution in [2.75, 3.05) is 0 Å². The number of nitrogens with zero attached hydrogens (tertiary/aromatic N) is 1. The molecule has 21 heavy (non-hydrogen) atoms. The fraction of sp³-hybridized carbons (Fsp3) is 0.118. The summed E-state index contributed by atoms with van der Waals surface area (Å²) < 4.78 is 1.07. The Balaban J connectivity index is 2.18. The molecule has 4 heteroatoms. The summed E-state index contributed by atoms with van der Waals surface area (Å²) in [5, 5.41) is 2.28. The minimum absolute atomic E-state index is 0.0639. The number of aryl methyl sites for hydroxylation is 1. The number of hydrazine groups is 1. The summed E-state index contributed by atoms with van der Waals surface area (Å²) in [6, 6.07) is 14.4. The molecule has 1 aromatic heterocycles. The van der Waals surface area contributed by atoms with Crippen molar-refractivity contribution in [1.29, 1.82) is 0 Å². The van der Waals surface area contributed by atoms with Gasteiger partial charge in [0.15, 0.2) is 0 Å². The lowest BCUT2D eigenvalue weighted by Gasteiger charge is -2.21. The zero-order valence-electron chi connectivity index (χ0n) is 11.7. The molecule has 0 aliphatic carbocycles. The topological polar surface area (TPSA) is 50.9 Å². The molecule has 0 radical (unpaired) electrons. The summed E-state index contributed by atoms with van der Waals surface area (Å²) in [6.45, 7) is 2.09. The average molecular weight is 342 g/mol. The molecule has 3 aromatic rings. The predicted octanol–water partition coefficient (Wildman–Crippen LogP) is 3.86. The smallest absolute Gasteiger partial charge is 0.0719 e. The quantitative estimate of drug-likeness (QED) is 0.561. The van der Waals surface area contributed by atoms with Crippen molar-refractivity contribution in [3.63, 3.8) is 0 Å². The second-order valence-electron chi connectivity index (χ2n) is 5.04. The molecule has 0 bridgehead atoms. The Morgan fingerprint density at radius 1 is 1.14 bits per heavy atom. The average Bonchev–Trinajstić information content (AvgIpc) is 2.50. The molecular weight excluding hydrogens is 326 g/mol. The fourth-order valence-electron chi connectivity index (χ4n) is 2.70. The summed E-state index contributed by atoms with van der Waals surface area (Å²) in [5.41, 5.74) is 6.43. The minimum Gasteiger partial charge on any atom is -0.271 e. The molecule has 0 amide bonds. The Bertz CT molecular complexity index is 781. The van der Waals surface area contributed by atoms with Crippen LogP contribution in [0.25, 0.3) is 10.8 Å². The molecule has 1 heterocycles. The highest BCUT2D eigenvalue weighted by Gasteiger charge is 2.17. The molecule has 0 saturated heterocycles. The predicted molar refractivity (Wildman–Crippen MR) is 89.8 cm³/mol. The van der Waals surface area contributed by atoms with Crippen LogP contribution < -0.4 is 11.3 Å². The van der Waals surface area contributed by atoms with Gasteiger partial charge in [-0.05, 0) is 47.2 Å². The monoisotopic (exact) mass is 341 g/mol. The molecule has 3 nitrogen and oxygen atoms in total. The van der Waals surface area contributed by atoms with Gasteiger partial charge in [0.05, 0.1) is 6.04 Å². The number of benzene rings is 2. The van der Waals surface area contributed by atoms with Crippen LogP contribution in [-0.2, 0) is 0 Å². The van der Waals surface area contributed by atoms with Gasteiger partial charge in [-0.15, -0.1) is 0 Å². The molecule has 0 spiro atoms. The van der Waals surface area contributed by atoms with Crippen molar-refractivity contribution in [2.24, 2.45) is 5.84 Å². The minimum atomic E-state index is -0.0639. The third-order valence-electron chi connectivity index (χ3n) is 3.74. The number of nitrogens with two attached hydrogens (primary N) is 1. The Morgan fingerprint density at radius 3 is 2.76 bits per heavy atom. The molecule has 0 aliphatic rings. The first-order valence-electron chi connectivity index (χ1n) is 6.75. The molecule has 0 saturated carbocycles. The summed E-state index contributed by atoms with van der Waals surface area (Å²) in [6.07, 6.45) is 3.70. The van der Waals surface area contributed by atoms with E-state index < -0.39 is 0 Å². The Morgan fingerprint density at radius 2 is 2.00 bits per heavy atom. The number of rotatable bonds is 3. The van der Waals surface area contributed by atoms with Crippen molar-refractivity contribution < 1.29 is 0 Å². The number of aromatic nitrogens is 1. The van der Waals surface area contributed by atoms with E-state index in [4.69, 9.17) is 5.84 Å². The van der Waals surface area contributed by atoms with Crippen LogP contribution in [0, 0.1) is 6.92 Å². The van der Waals surface area contributed by atoms with E-state index in [1.54, 1.807) is 0 Å². The van der Waals surface area contributed by atoms with Crippen LogP contribution in [0.15, 0.2) is 59.3 Å². The highest BCUT2D eigenvalue weighted by Crippen LogP contribution is 2.30. The van der Waals surface area contributed by atoms with Crippen molar-refractivity contribution >= 4 is 26.7 Å². The van der Waals surface area contributed by atoms with Gasteiger partial charge < -0.3 is 0 Å². The lowest BCUT2D eigenvalue weighted by molar-refractivity contribution is 0.637. The molecule has 1 atom stereocenters. The SMILES string of the molecule is Cc1cc(Br)ccc1C(NN)c1cccc2ccncc12. The van der Waals surface area contributed by atoms with E-state index in [0.29, 0.717) is 0 Å². The summed E-state index contributed by atoms with van der Waals surface area (Å²) >= 11 is 3.50. The van der Waals surface area contributed by atoms with Gasteiger partial charge in [0.1, 0.15) is 0 Å². The summed E-state index contributed by atoms with van der Waals surface area (Å²) in [5.74, 6) is 5.85. The van der Waals surface area contributed by atoms with E-state index in [0.717, 1.165) is 26.4 Å². The van der Waals surface area contributed by atoms with Gasteiger partial charge in [0.2, 0.25) is 0 Å². The van der Waals surface area contributed by atoms with Crippen LogP contribution in [-0.4, -0.2) is 4.98 Å². The molecule has 3 N–H and O–H groups in total. The molecule has 2 aromatic carbocycles. The molecular formula is C17H16BrN3. The van der Waals surface area contributed by atoms with Crippen LogP contribution in [0.5, 0.6) is 0 Å². The van der Waals surface area contributed by atoms with Gasteiger partial charge in [0.25, 0.3) is 0 Å². The number of nitrogens with one attached hydrogen (secondary N) is 1. The number of hydrogen-bond donors (Lipinski definition) is 2. The summed E-state index contributed by atoms with van der Waals surface area (Å²) in [7, 11) is 0. The first-order valence-corrected chi connectivity index (χ1v) is 7.55. The van der Waals surface area contributed by atoms with Gasteiger partial charge in [0, 0.05) is 22.3 Å². The van der Waals surface area contributed by atoms with Crippen LogP contribution in [0.1, 0.15) is 22.7 Å². The number of hydrogen-bond acceptors (Lipinski definition) is 3. The van der Waals surface area contributed by atoms with Crippen LogP contribution in [0.4, 0.5) is 0 Å². The van der Waals surface area contributed by atoms with Gasteiger partial charge in [-0.1, -0.05) is 40.2 Å². The largest absolute Gasteiger partial charge is 0.271 e. The molecule has 3 rings (SSSR count). The molecule has 0 fully saturated rings. The highest BCUT2D eigenvalue weighted by atomic mass is 79.9. The zero-order valence-corrected chi connectivity index (χ0v) is 13.3. The number of halogens is 1. The molecule has 106 valence electrons. The standard InChI is InChI=1S/C17H16BrN3/c1-11-9-13(18)5-6-14(11)17(21-19)15-4-2-3-12-7-8-20-10-16(12)15/h2-10,17,21H,19H2,1H3. The first-order chi connectivity index (χ1) is 10.2. The lowest BCUT2D eigenvalue weighted by Crippen LogP contribution is -2.29. The number of fused-ring (bicyclic) bond motifs is 1. The van der Waals surface area contributed by atoms with Crippen molar-refractivity contribution in [2.45, 2.75) is 13.0 Å². The lowest BCUT2D eigenvalue weighted by atomic mass is 9.92. The maximum absolute atomic E-state index is 5.85. The Labute approximate surface area is 132 Å². The van der Waals surface area contributed by atoms with E-state index >= 15 is 0 Å². The van der Waals surface area contributed by atoms with Gasteiger partial charge >= 0.3 is 0 Å². The number of pyridine rings is 1. The van der Waals surface area contributed by atoms with Crippen LogP contribution in [0.2, 0.25) is 0 Å². The first kappa shape index (κ1) is 14.2. The highest BCUT2D eigenvalue weighted by molar-refractivity contribution is 9.10. The maximum atomic E-state index is 5.85. The van der Waals surface area contributed by atoms with Crippen molar-refractivity contribution in [3.05, 3.63) is 76.0 Å².